The third-order valence-electron chi connectivity index (χ3n) is 6.09. The Morgan fingerprint density at radius 1 is 1.15 bits per heavy atom. The number of benzene rings is 1. The fraction of sp³-hybridized carbons (Fsp3) is 0.476. The van der Waals surface area contributed by atoms with E-state index in [1.165, 1.54) is 18.4 Å². The molecule has 140 valence electrons. The number of rotatable bonds is 3. The monoisotopic (exact) mass is 363 g/mol. The molecule has 2 aliphatic heterocycles. The molecule has 1 saturated carbocycles. The first-order chi connectivity index (χ1) is 13.2. The van der Waals surface area contributed by atoms with Crippen molar-refractivity contribution in [3.8, 4) is 0 Å². The van der Waals surface area contributed by atoms with Gasteiger partial charge in [-0.2, -0.15) is 0 Å². The van der Waals surface area contributed by atoms with Gasteiger partial charge in [-0.25, -0.2) is 9.98 Å². The van der Waals surface area contributed by atoms with E-state index in [4.69, 9.17) is 9.98 Å². The van der Waals surface area contributed by atoms with E-state index in [0.717, 1.165) is 36.9 Å². The molecule has 2 unspecified atom stereocenters. The molecule has 2 atom stereocenters. The summed E-state index contributed by atoms with van der Waals surface area (Å²) in [4.78, 5) is 27.1. The Balaban J connectivity index is 1.64. The first-order valence-electron chi connectivity index (χ1n) is 9.97. The summed E-state index contributed by atoms with van der Waals surface area (Å²) in [5, 5.41) is 0. The minimum Gasteiger partial charge on any atom is -0.318 e. The first-order valence-corrected chi connectivity index (χ1v) is 9.97. The fourth-order valence-corrected chi connectivity index (χ4v) is 4.72. The number of fused-ring (bicyclic) bond motifs is 5. The van der Waals surface area contributed by atoms with Gasteiger partial charge < -0.3 is 4.57 Å². The van der Waals surface area contributed by atoms with E-state index in [1.54, 1.807) is 4.90 Å². The SMILES string of the molecule is CCc1nc2c(n1Cc1ccccc1)C(=O)N(C)C1=NC3CCCCC3N12. The number of anilines is 1. The lowest BCUT2D eigenvalue weighted by Gasteiger charge is -2.36. The molecule has 1 amide bonds. The second kappa shape index (κ2) is 6.22. The maximum absolute atomic E-state index is 13.3. The average Bonchev–Trinajstić information content (AvgIpc) is 3.25. The lowest BCUT2D eigenvalue weighted by Crippen LogP contribution is -2.52. The second-order valence-electron chi connectivity index (χ2n) is 7.71. The van der Waals surface area contributed by atoms with Gasteiger partial charge in [-0.1, -0.05) is 50.1 Å². The summed E-state index contributed by atoms with van der Waals surface area (Å²) in [6.07, 6.45) is 5.46. The van der Waals surface area contributed by atoms with Crippen LogP contribution >= 0.6 is 0 Å². The molecular weight excluding hydrogens is 338 g/mol. The van der Waals surface area contributed by atoms with E-state index in [1.807, 2.05) is 25.2 Å². The Bertz CT molecular complexity index is 916. The number of guanidine groups is 1. The molecule has 1 aromatic carbocycles. The molecule has 2 aromatic rings. The Morgan fingerprint density at radius 2 is 1.93 bits per heavy atom. The van der Waals surface area contributed by atoms with Gasteiger partial charge in [0.15, 0.2) is 11.5 Å². The number of aliphatic imine (C=N–C) groups is 1. The summed E-state index contributed by atoms with van der Waals surface area (Å²) in [6.45, 7) is 2.77. The lowest BCUT2D eigenvalue weighted by molar-refractivity contribution is 0.0854. The summed E-state index contributed by atoms with van der Waals surface area (Å²) >= 11 is 0. The largest absolute Gasteiger partial charge is 0.318 e. The van der Waals surface area contributed by atoms with Crippen molar-refractivity contribution in [3.63, 3.8) is 0 Å². The van der Waals surface area contributed by atoms with Gasteiger partial charge in [0.25, 0.3) is 5.91 Å². The maximum Gasteiger partial charge on any atom is 0.280 e. The normalized spacial score (nSPS) is 23.8. The molecule has 3 heterocycles. The molecular formula is C21H25N5O. The van der Waals surface area contributed by atoms with Gasteiger partial charge in [0.1, 0.15) is 5.82 Å². The molecule has 6 nitrogen and oxygen atoms in total. The Hall–Kier alpha value is -2.63. The van der Waals surface area contributed by atoms with Gasteiger partial charge >= 0.3 is 0 Å². The van der Waals surface area contributed by atoms with E-state index in [9.17, 15) is 4.79 Å². The average molecular weight is 363 g/mol. The number of carbonyl (C=O) groups is 1. The van der Waals surface area contributed by atoms with Gasteiger partial charge in [-0.05, 0) is 18.4 Å². The highest BCUT2D eigenvalue weighted by Crippen LogP contribution is 2.39. The van der Waals surface area contributed by atoms with E-state index >= 15 is 0 Å². The summed E-state index contributed by atoms with van der Waals surface area (Å²) in [5.74, 6) is 2.57. The summed E-state index contributed by atoms with van der Waals surface area (Å²) in [7, 11) is 1.85. The van der Waals surface area contributed by atoms with Gasteiger partial charge in [0.05, 0.1) is 12.1 Å². The van der Waals surface area contributed by atoms with E-state index < -0.39 is 0 Å². The topological polar surface area (TPSA) is 53.7 Å². The molecule has 6 heteroatoms. The third kappa shape index (κ3) is 2.42. The summed E-state index contributed by atoms with van der Waals surface area (Å²) < 4.78 is 2.11. The Labute approximate surface area is 159 Å². The second-order valence-corrected chi connectivity index (χ2v) is 7.71. The van der Waals surface area contributed by atoms with Crippen molar-refractivity contribution in [1.82, 2.24) is 14.5 Å². The van der Waals surface area contributed by atoms with Crippen LogP contribution in [0.5, 0.6) is 0 Å². The molecule has 0 spiro atoms. The van der Waals surface area contributed by atoms with Crippen molar-refractivity contribution in [2.24, 2.45) is 4.99 Å². The van der Waals surface area contributed by atoms with Crippen LogP contribution in [0.15, 0.2) is 35.3 Å². The molecule has 1 aliphatic carbocycles. The highest BCUT2D eigenvalue weighted by Gasteiger charge is 2.48. The van der Waals surface area contributed by atoms with E-state index in [0.29, 0.717) is 24.3 Å². The first kappa shape index (κ1) is 16.5. The zero-order valence-electron chi connectivity index (χ0n) is 15.9. The zero-order valence-corrected chi connectivity index (χ0v) is 15.9. The van der Waals surface area contributed by atoms with Crippen molar-refractivity contribution in [2.75, 3.05) is 11.9 Å². The fourth-order valence-electron chi connectivity index (χ4n) is 4.72. The molecule has 0 N–H and O–H groups in total. The van der Waals surface area contributed by atoms with Crippen LogP contribution in [-0.4, -0.2) is 45.4 Å². The molecule has 3 aliphatic rings. The number of aryl methyl sites for hydroxylation is 1. The van der Waals surface area contributed by atoms with Crippen molar-refractivity contribution >= 4 is 17.7 Å². The Kier molecular flexibility index (Phi) is 3.81. The van der Waals surface area contributed by atoms with Crippen LogP contribution in [0.4, 0.5) is 5.82 Å². The molecule has 1 fully saturated rings. The van der Waals surface area contributed by atoms with Crippen LogP contribution in [0.25, 0.3) is 0 Å². The van der Waals surface area contributed by atoms with Crippen LogP contribution in [0.2, 0.25) is 0 Å². The number of aromatic nitrogens is 2. The number of carbonyl (C=O) groups excluding carboxylic acids is 1. The number of nitrogens with zero attached hydrogens (tertiary/aromatic N) is 5. The minimum absolute atomic E-state index is 0.00165. The van der Waals surface area contributed by atoms with Crippen molar-refractivity contribution < 1.29 is 4.79 Å². The van der Waals surface area contributed by atoms with Crippen LogP contribution < -0.4 is 4.90 Å². The van der Waals surface area contributed by atoms with Gasteiger partial charge in [0, 0.05) is 20.0 Å². The van der Waals surface area contributed by atoms with Gasteiger partial charge in [-0.15, -0.1) is 0 Å². The van der Waals surface area contributed by atoms with E-state index in [2.05, 4.69) is 28.5 Å². The highest BCUT2D eigenvalue weighted by molar-refractivity contribution is 6.18. The van der Waals surface area contributed by atoms with E-state index in [-0.39, 0.29) is 5.91 Å². The molecule has 0 saturated heterocycles. The van der Waals surface area contributed by atoms with Crippen LogP contribution in [0.1, 0.15) is 54.5 Å². The molecule has 0 bridgehead atoms. The number of amides is 1. The zero-order chi connectivity index (χ0) is 18.5. The van der Waals surface area contributed by atoms with Crippen LogP contribution in [0, 0.1) is 0 Å². The van der Waals surface area contributed by atoms with Crippen molar-refractivity contribution in [1.29, 1.82) is 0 Å². The third-order valence-corrected chi connectivity index (χ3v) is 6.09. The van der Waals surface area contributed by atoms with Gasteiger partial charge in [0.2, 0.25) is 5.96 Å². The van der Waals surface area contributed by atoms with Crippen LogP contribution in [-0.2, 0) is 13.0 Å². The predicted molar refractivity (Wildman–Crippen MR) is 105 cm³/mol. The highest BCUT2D eigenvalue weighted by atomic mass is 16.2. The Morgan fingerprint density at radius 3 is 2.70 bits per heavy atom. The molecule has 0 radical (unpaired) electrons. The number of imidazole rings is 1. The molecule has 5 rings (SSSR count). The minimum atomic E-state index is 0.00165. The van der Waals surface area contributed by atoms with Crippen molar-refractivity contribution in [3.05, 3.63) is 47.4 Å². The maximum atomic E-state index is 13.3. The number of hydrogen-bond acceptors (Lipinski definition) is 4. The van der Waals surface area contributed by atoms with Crippen LogP contribution in [0.3, 0.4) is 0 Å². The smallest absolute Gasteiger partial charge is 0.280 e. The molecule has 27 heavy (non-hydrogen) atoms. The standard InChI is InChI=1S/C21H25N5O/c1-3-17-23-19-18(25(17)13-14-9-5-4-6-10-14)20(27)24(2)21-22-15-11-7-8-12-16(15)26(19)21/h4-6,9-10,15-16H,3,7-8,11-13H2,1-2H3. The quantitative estimate of drug-likeness (QED) is 0.842. The summed E-state index contributed by atoms with van der Waals surface area (Å²) in [5.41, 5.74) is 1.89. The van der Waals surface area contributed by atoms with Crippen molar-refractivity contribution in [2.45, 2.75) is 57.7 Å². The number of hydrogen-bond donors (Lipinski definition) is 0. The van der Waals surface area contributed by atoms with Gasteiger partial charge in [-0.3, -0.25) is 14.6 Å². The lowest BCUT2D eigenvalue weighted by atomic mass is 9.90. The summed E-state index contributed by atoms with van der Waals surface area (Å²) in [6, 6.07) is 10.9. The predicted octanol–water partition coefficient (Wildman–Crippen LogP) is 3.07. The molecule has 1 aromatic heterocycles.